The van der Waals surface area contributed by atoms with E-state index in [4.69, 9.17) is 25.7 Å². The number of nitrogens with one attached hydrogen (secondary N) is 1. The van der Waals surface area contributed by atoms with Crippen molar-refractivity contribution in [2.45, 2.75) is 18.0 Å². The number of hydrogen-bond donors (Lipinski definition) is 3. The van der Waals surface area contributed by atoms with Crippen molar-refractivity contribution in [1.29, 1.82) is 0 Å². The van der Waals surface area contributed by atoms with Gasteiger partial charge >= 0.3 is 0 Å². The van der Waals surface area contributed by atoms with Crippen molar-refractivity contribution in [3.63, 3.8) is 0 Å². The Kier molecular flexibility index (Phi) is 24.4. The van der Waals surface area contributed by atoms with Gasteiger partial charge in [-0.05, 0) is 30.7 Å². The highest BCUT2D eigenvalue weighted by atomic mass is 35.5. The van der Waals surface area contributed by atoms with Crippen LogP contribution in [0.25, 0.3) is 0 Å². The predicted octanol–water partition coefficient (Wildman–Crippen LogP) is 0.436. The Balaban J connectivity index is -0.000000907. The molecule has 2 heterocycles. The van der Waals surface area contributed by atoms with Crippen molar-refractivity contribution in [3.05, 3.63) is 23.3 Å². The zero-order valence-electron chi connectivity index (χ0n) is 21.2. The van der Waals surface area contributed by atoms with E-state index < -0.39 is 0 Å². The highest BCUT2D eigenvalue weighted by molar-refractivity contribution is 7.99. The summed E-state index contributed by atoms with van der Waals surface area (Å²) >= 11 is 1.59. The fraction of sp³-hybridized carbons (Fsp3) is 0.524. The van der Waals surface area contributed by atoms with Crippen LogP contribution in [0, 0.1) is 0 Å². The highest BCUT2D eigenvalue weighted by Gasteiger charge is 2.17. The summed E-state index contributed by atoms with van der Waals surface area (Å²) in [4.78, 5) is 11.4. The summed E-state index contributed by atoms with van der Waals surface area (Å²) in [6, 6.07) is 3.75. The number of methoxy groups -OCH3 is 3. The van der Waals surface area contributed by atoms with E-state index >= 15 is 0 Å². The molecule has 0 radical (unpaired) electrons. The normalized spacial score (nSPS) is 12.1. The van der Waals surface area contributed by atoms with Gasteiger partial charge in [-0.3, -0.25) is 0 Å². The van der Waals surface area contributed by atoms with Gasteiger partial charge in [0.15, 0.2) is 16.7 Å². The van der Waals surface area contributed by atoms with Gasteiger partial charge in [0.25, 0.3) is 0 Å². The molecule has 0 spiro atoms. The van der Waals surface area contributed by atoms with E-state index in [0.717, 1.165) is 50.5 Å². The molecule has 16 heteroatoms. The first-order valence-electron chi connectivity index (χ1n) is 10.3. The number of aromatic nitrogens is 2. The largest absolute Gasteiger partial charge is 0.493 e. The second-order valence-corrected chi connectivity index (χ2v) is 8.32. The molecule has 0 amide bonds. The molecule has 0 aliphatic carbocycles. The number of ether oxygens (including phenoxy) is 3. The third kappa shape index (κ3) is 11.7. The molecule has 2 aromatic rings. The van der Waals surface area contributed by atoms with E-state index in [9.17, 15) is 0 Å². The van der Waals surface area contributed by atoms with Gasteiger partial charge in [0, 0.05) is 43.9 Å². The predicted molar refractivity (Wildman–Crippen MR) is 157 cm³/mol. The second kappa shape index (κ2) is 21.3. The number of anilines is 2. The van der Waals surface area contributed by atoms with Crippen LogP contribution in [0.15, 0.2) is 17.3 Å². The molecule has 0 atom stereocenters. The minimum Gasteiger partial charge on any atom is -0.493 e. The number of rotatable bonds is 10. The van der Waals surface area contributed by atoms with Gasteiger partial charge < -0.3 is 52.3 Å². The molecule has 37 heavy (non-hydrogen) atoms. The molecule has 1 aromatic carbocycles. The van der Waals surface area contributed by atoms with E-state index in [0.29, 0.717) is 46.0 Å². The Labute approximate surface area is 240 Å². The fourth-order valence-electron chi connectivity index (χ4n) is 3.57. The number of nitrogens with zero attached hydrogens (tertiary/aromatic N) is 3. The lowest BCUT2D eigenvalue weighted by molar-refractivity contribution is 0.242. The van der Waals surface area contributed by atoms with Crippen LogP contribution in [0.3, 0.4) is 0 Å². The molecule has 1 aliphatic heterocycles. The smallest absolute Gasteiger partial charge is 0.203 e. The topological polar surface area (TPSA) is 215 Å². The van der Waals surface area contributed by atoms with E-state index in [1.54, 1.807) is 33.1 Å². The van der Waals surface area contributed by atoms with Gasteiger partial charge in [-0.2, -0.15) is 0 Å². The van der Waals surface area contributed by atoms with Crippen LogP contribution in [0.4, 0.5) is 11.6 Å². The Morgan fingerprint density at radius 3 is 1.86 bits per heavy atom. The van der Waals surface area contributed by atoms with Crippen molar-refractivity contribution in [2.24, 2.45) is 0 Å². The summed E-state index contributed by atoms with van der Waals surface area (Å²) in [5.41, 5.74) is 14.1. The number of hydrogen-bond acceptors (Lipinski definition) is 10. The molecule has 218 valence electrons. The SMILES string of the molecule is COc1cc(Cc2c(N)nc(SCCCN3CCNCC3)nc2N)cc(OC)c1OC.Cl.Cl.Cl.O.O.O. The first kappa shape index (κ1) is 42.4. The van der Waals surface area contributed by atoms with Crippen molar-refractivity contribution in [2.75, 3.05) is 71.3 Å². The van der Waals surface area contributed by atoms with Gasteiger partial charge in [0.2, 0.25) is 5.75 Å². The van der Waals surface area contributed by atoms with Crippen molar-refractivity contribution < 1.29 is 30.6 Å². The molecule has 3 rings (SSSR count). The zero-order valence-corrected chi connectivity index (χ0v) is 24.4. The number of benzene rings is 1. The summed E-state index contributed by atoms with van der Waals surface area (Å²) in [5.74, 6) is 3.41. The maximum Gasteiger partial charge on any atom is 0.203 e. The summed E-state index contributed by atoms with van der Waals surface area (Å²) in [6.07, 6.45) is 1.53. The van der Waals surface area contributed by atoms with Crippen LogP contribution in [0.5, 0.6) is 17.2 Å². The molecule has 0 unspecified atom stereocenters. The molecular formula is C21H41Cl3N6O6S. The Morgan fingerprint density at radius 1 is 0.892 bits per heavy atom. The fourth-order valence-corrected chi connectivity index (χ4v) is 4.35. The average molecular weight is 612 g/mol. The second-order valence-electron chi connectivity index (χ2n) is 7.26. The Morgan fingerprint density at radius 2 is 1.41 bits per heavy atom. The standard InChI is InChI=1S/C21H32N6O3S.3ClH.3H2O/c1-28-16-12-14(13-17(29-2)18(16)30-3)11-15-19(22)25-21(26-20(15)23)31-10-4-7-27-8-5-24-6-9-27;;;;;;/h12-13,24H,4-11H2,1-3H3,(H4,22,23,25,26);3*1H;3*1H2. The van der Waals surface area contributed by atoms with Crippen LogP contribution in [0.1, 0.15) is 17.5 Å². The molecule has 12 nitrogen and oxygen atoms in total. The average Bonchev–Trinajstić information content (AvgIpc) is 2.79. The first-order chi connectivity index (χ1) is 15.0. The zero-order chi connectivity index (χ0) is 22.2. The molecule has 1 fully saturated rings. The van der Waals surface area contributed by atoms with Crippen LogP contribution in [-0.2, 0) is 6.42 Å². The van der Waals surface area contributed by atoms with Crippen LogP contribution in [-0.4, -0.2) is 91.1 Å². The van der Waals surface area contributed by atoms with E-state index in [2.05, 4.69) is 20.2 Å². The summed E-state index contributed by atoms with van der Waals surface area (Å²) in [6.45, 7) is 5.43. The van der Waals surface area contributed by atoms with Gasteiger partial charge in [-0.25, -0.2) is 9.97 Å². The molecule has 11 N–H and O–H groups in total. The quantitative estimate of drug-likeness (QED) is 0.191. The van der Waals surface area contributed by atoms with Gasteiger partial charge in [0.1, 0.15) is 11.6 Å². The third-order valence-electron chi connectivity index (χ3n) is 5.22. The molecule has 1 aromatic heterocycles. The molecular weight excluding hydrogens is 571 g/mol. The van der Waals surface area contributed by atoms with Crippen molar-refractivity contribution in [3.8, 4) is 17.2 Å². The van der Waals surface area contributed by atoms with Crippen LogP contribution < -0.4 is 31.0 Å². The number of piperazine rings is 1. The lowest BCUT2D eigenvalue weighted by Crippen LogP contribution is -2.43. The molecule has 1 saturated heterocycles. The maximum absolute atomic E-state index is 6.24. The summed E-state index contributed by atoms with van der Waals surface area (Å²) in [5, 5.41) is 3.98. The maximum atomic E-state index is 6.24. The number of nitrogens with two attached hydrogens (primary N) is 2. The van der Waals surface area contributed by atoms with Crippen molar-refractivity contribution in [1.82, 2.24) is 20.2 Å². The van der Waals surface area contributed by atoms with E-state index in [-0.39, 0.29) is 53.6 Å². The number of nitrogen functional groups attached to an aromatic ring is 2. The van der Waals surface area contributed by atoms with Crippen LogP contribution >= 0.6 is 49.0 Å². The van der Waals surface area contributed by atoms with Gasteiger partial charge in [-0.15, -0.1) is 37.2 Å². The lowest BCUT2D eigenvalue weighted by atomic mass is 10.0. The number of halogens is 3. The lowest BCUT2D eigenvalue weighted by Gasteiger charge is -2.26. The highest BCUT2D eigenvalue weighted by Crippen LogP contribution is 2.39. The molecule has 1 aliphatic rings. The minimum atomic E-state index is 0. The van der Waals surface area contributed by atoms with E-state index in [1.165, 1.54) is 0 Å². The van der Waals surface area contributed by atoms with Gasteiger partial charge in [0.05, 0.1) is 21.3 Å². The van der Waals surface area contributed by atoms with Crippen molar-refractivity contribution >= 4 is 60.6 Å². The Hall–Kier alpha value is -1.68. The molecule has 0 saturated carbocycles. The number of thioether (sulfide) groups is 1. The first-order valence-corrected chi connectivity index (χ1v) is 11.3. The third-order valence-corrected chi connectivity index (χ3v) is 6.15. The van der Waals surface area contributed by atoms with Gasteiger partial charge in [-0.1, -0.05) is 11.8 Å². The Bertz CT molecular complexity index is 852. The monoisotopic (exact) mass is 610 g/mol. The summed E-state index contributed by atoms with van der Waals surface area (Å²) < 4.78 is 16.2. The minimum absolute atomic E-state index is 0. The van der Waals surface area contributed by atoms with E-state index in [1.807, 2.05) is 12.1 Å². The molecule has 0 bridgehead atoms. The summed E-state index contributed by atoms with van der Waals surface area (Å²) in [7, 11) is 4.74. The van der Waals surface area contributed by atoms with Crippen LogP contribution in [0.2, 0.25) is 0 Å².